The molecule has 0 N–H and O–H groups in total. The van der Waals surface area contributed by atoms with Crippen LogP contribution in [0.5, 0.6) is 0 Å². The van der Waals surface area contributed by atoms with Crippen LogP contribution in [0, 0.1) is 28.6 Å². The molecule has 1 spiro atoms. The fourth-order valence-electron chi connectivity index (χ4n) is 8.04. The number of ether oxygens (including phenoxy) is 1. The zero-order chi connectivity index (χ0) is 20.6. The Balaban J connectivity index is 1.57. The molecule has 3 unspecified atom stereocenters. The number of hydrogen-bond acceptors (Lipinski definition) is 5. The number of carbonyl (C=O) groups excluding carboxylic acids is 3. The first-order chi connectivity index (χ1) is 13.7. The first kappa shape index (κ1) is 19.8. The molecule has 5 heteroatoms. The quantitative estimate of drug-likeness (QED) is 0.452. The summed E-state index contributed by atoms with van der Waals surface area (Å²) in [7, 11) is 0. The Morgan fingerprint density at radius 3 is 2.52 bits per heavy atom. The second-order valence-corrected chi connectivity index (χ2v) is 12.0. The highest BCUT2D eigenvalue weighted by Gasteiger charge is 2.68. The zero-order valence-electron chi connectivity index (χ0n) is 17.8. The maximum absolute atomic E-state index is 12.2. The number of hydrogen-bond donors (Lipinski definition) is 0. The molecule has 5 aliphatic rings. The predicted octanol–water partition coefficient (Wildman–Crippen LogP) is 4.85. The van der Waals surface area contributed by atoms with Gasteiger partial charge in [-0.15, -0.1) is 0 Å². The Labute approximate surface area is 177 Å². The Hall–Kier alpha value is -1.10. The predicted molar refractivity (Wildman–Crippen MR) is 112 cm³/mol. The summed E-state index contributed by atoms with van der Waals surface area (Å²) < 4.78 is 6.05. The summed E-state index contributed by atoms with van der Waals surface area (Å²) in [5.41, 5.74) is 1.08. The fourth-order valence-corrected chi connectivity index (χ4v) is 9.19. The molecule has 1 heterocycles. The van der Waals surface area contributed by atoms with Gasteiger partial charge >= 0.3 is 5.97 Å². The van der Waals surface area contributed by atoms with Gasteiger partial charge in [-0.1, -0.05) is 37.3 Å². The Bertz CT molecular complexity index is 818. The number of ketones is 1. The van der Waals surface area contributed by atoms with Crippen molar-refractivity contribution in [3.8, 4) is 0 Å². The van der Waals surface area contributed by atoms with E-state index in [-0.39, 0.29) is 32.8 Å². The van der Waals surface area contributed by atoms with Gasteiger partial charge in [0.25, 0.3) is 0 Å². The third-order valence-electron chi connectivity index (χ3n) is 9.57. The molecule has 0 aromatic rings. The molecule has 29 heavy (non-hydrogen) atoms. The Kier molecular flexibility index (Phi) is 4.41. The van der Waals surface area contributed by atoms with Gasteiger partial charge in [0, 0.05) is 36.9 Å². The molecule has 4 nitrogen and oxygen atoms in total. The molecule has 7 atom stereocenters. The van der Waals surface area contributed by atoms with Crippen LogP contribution in [-0.2, 0) is 19.1 Å². The van der Waals surface area contributed by atoms with Crippen molar-refractivity contribution in [2.45, 2.75) is 89.4 Å². The second-order valence-electron chi connectivity index (χ2n) is 10.7. The standard InChI is InChI=1S/C24H32O4S/c1-14(25)29-19-13-15-12-16(26)4-8-22(15,2)17-5-9-23(3)18(21(17)19)6-10-24(23)11-7-20(27)28-24/h13,17-19,21H,4-12H2,1-3H3/t17?,18?,19-,21?,22+,23+,24-/m1/s1. The van der Waals surface area contributed by atoms with Crippen molar-refractivity contribution in [3.05, 3.63) is 11.6 Å². The number of rotatable bonds is 1. The summed E-state index contributed by atoms with van der Waals surface area (Å²) in [5, 5.41) is 0.298. The highest BCUT2D eigenvalue weighted by Crippen LogP contribution is 2.70. The summed E-state index contributed by atoms with van der Waals surface area (Å²) in [4.78, 5) is 36.4. The van der Waals surface area contributed by atoms with Crippen molar-refractivity contribution in [1.29, 1.82) is 0 Å². The molecule has 4 fully saturated rings. The van der Waals surface area contributed by atoms with E-state index in [2.05, 4.69) is 19.9 Å². The molecule has 1 saturated heterocycles. The molecule has 0 aromatic heterocycles. The molecule has 0 aromatic carbocycles. The molecular formula is C24H32O4S. The molecule has 5 rings (SSSR count). The van der Waals surface area contributed by atoms with Gasteiger partial charge in [0.15, 0.2) is 5.12 Å². The summed E-state index contributed by atoms with van der Waals surface area (Å²) in [6.07, 6.45) is 10.1. The lowest BCUT2D eigenvalue weighted by atomic mass is 9.46. The minimum absolute atomic E-state index is 0.00210. The maximum atomic E-state index is 12.2. The normalized spacial score (nSPS) is 48.6. The highest BCUT2D eigenvalue weighted by molar-refractivity contribution is 8.14. The van der Waals surface area contributed by atoms with Crippen LogP contribution in [0.1, 0.15) is 78.6 Å². The maximum Gasteiger partial charge on any atom is 0.306 e. The number of esters is 1. The average Bonchev–Trinajstić information content (AvgIpc) is 3.17. The third-order valence-corrected chi connectivity index (χ3v) is 10.6. The van der Waals surface area contributed by atoms with Crippen molar-refractivity contribution < 1.29 is 19.1 Å². The van der Waals surface area contributed by atoms with Crippen molar-refractivity contribution in [3.63, 3.8) is 0 Å². The van der Waals surface area contributed by atoms with Crippen LogP contribution >= 0.6 is 11.8 Å². The van der Waals surface area contributed by atoms with Crippen LogP contribution in [0.2, 0.25) is 0 Å². The number of fused-ring (bicyclic) bond motifs is 6. The fraction of sp³-hybridized carbons (Fsp3) is 0.792. The smallest absolute Gasteiger partial charge is 0.306 e. The van der Waals surface area contributed by atoms with E-state index in [0.717, 1.165) is 38.5 Å². The first-order valence-corrected chi connectivity index (χ1v) is 12.2. The highest BCUT2D eigenvalue weighted by atomic mass is 32.2. The first-order valence-electron chi connectivity index (χ1n) is 11.3. The molecular weight excluding hydrogens is 384 g/mol. The van der Waals surface area contributed by atoms with E-state index in [4.69, 9.17) is 4.74 Å². The minimum Gasteiger partial charge on any atom is -0.458 e. The minimum atomic E-state index is -0.293. The number of Topliss-reactive ketones (excluding diaryl/α,β-unsaturated/α-hetero) is 1. The number of thioether (sulfide) groups is 1. The van der Waals surface area contributed by atoms with Crippen LogP contribution in [-0.4, -0.2) is 27.7 Å². The Morgan fingerprint density at radius 2 is 1.83 bits per heavy atom. The van der Waals surface area contributed by atoms with E-state index in [1.54, 1.807) is 6.92 Å². The van der Waals surface area contributed by atoms with Gasteiger partial charge in [0.2, 0.25) is 0 Å². The monoisotopic (exact) mass is 416 g/mol. The topological polar surface area (TPSA) is 60.4 Å². The molecule has 0 amide bonds. The van der Waals surface area contributed by atoms with Gasteiger partial charge in [-0.25, -0.2) is 0 Å². The largest absolute Gasteiger partial charge is 0.458 e. The molecule has 158 valence electrons. The third kappa shape index (κ3) is 2.68. The van der Waals surface area contributed by atoms with Gasteiger partial charge in [-0.2, -0.15) is 0 Å². The van der Waals surface area contributed by atoms with Gasteiger partial charge in [-0.3, -0.25) is 14.4 Å². The second kappa shape index (κ2) is 6.45. The van der Waals surface area contributed by atoms with Crippen molar-refractivity contribution in [1.82, 2.24) is 0 Å². The van der Waals surface area contributed by atoms with E-state index in [1.807, 2.05) is 0 Å². The summed E-state index contributed by atoms with van der Waals surface area (Å²) in [5.74, 6) is 1.71. The summed E-state index contributed by atoms with van der Waals surface area (Å²) >= 11 is 1.46. The van der Waals surface area contributed by atoms with Crippen molar-refractivity contribution >= 4 is 28.6 Å². The van der Waals surface area contributed by atoms with Gasteiger partial charge in [0.05, 0.1) is 0 Å². The van der Waals surface area contributed by atoms with E-state index in [9.17, 15) is 14.4 Å². The molecule has 3 saturated carbocycles. The van der Waals surface area contributed by atoms with Crippen LogP contribution in [0.25, 0.3) is 0 Å². The average molecular weight is 417 g/mol. The van der Waals surface area contributed by atoms with Crippen LogP contribution in [0.15, 0.2) is 11.6 Å². The Morgan fingerprint density at radius 1 is 1.07 bits per heavy atom. The molecule has 0 radical (unpaired) electrons. The van der Waals surface area contributed by atoms with Crippen LogP contribution in [0.4, 0.5) is 0 Å². The van der Waals surface area contributed by atoms with Crippen molar-refractivity contribution in [2.24, 2.45) is 28.6 Å². The lowest BCUT2D eigenvalue weighted by Crippen LogP contribution is -2.57. The van der Waals surface area contributed by atoms with Crippen LogP contribution < -0.4 is 0 Å². The van der Waals surface area contributed by atoms with Crippen molar-refractivity contribution in [2.75, 3.05) is 0 Å². The van der Waals surface area contributed by atoms with Gasteiger partial charge < -0.3 is 4.74 Å². The van der Waals surface area contributed by atoms with E-state index >= 15 is 0 Å². The molecule has 0 bridgehead atoms. The van der Waals surface area contributed by atoms with Crippen LogP contribution in [0.3, 0.4) is 0 Å². The van der Waals surface area contributed by atoms with Gasteiger partial charge in [0.1, 0.15) is 11.4 Å². The zero-order valence-corrected chi connectivity index (χ0v) is 18.6. The summed E-state index contributed by atoms with van der Waals surface area (Å²) in [6, 6.07) is 0. The number of allylic oxidation sites excluding steroid dienone is 1. The number of carbonyl (C=O) groups is 3. The lowest BCUT2D eigenvalue weighted by molar-refractivity contribution is -0.166. The van der Waals surface area contributed by atoms with E-state index in [0.29, 0.717) is 42.8 Å². The summed E-state index contributed by atoms with van der Waals surface area (Å²) in [6.45, 7) is 6.40. The van der Waals surface area contributed by atoms with E-state index in [1.165, 1.54) is 17.3 Å². The molecule has 4 aliphatic carbocycles. The lowest BCUT2D eigenvalue weighted by Gasteiger charge is -2.60. The molecule has 1 aliphatic heterocycles. The van der Waals surface area contributed by atoms with Gasteiger partial charge in [-0.05, 0) is 61.7 Å². The van der Waals surface area contributed by atoms with E-state index < -0.39 is 0 Å². The SMILES string of the molecule is CC(=O)S[C@@H]1C=C2CC(=O)CC[C@]2(C)C2CC[C@@]3(C)C(CC[C@@]34CCC(=O)O4)C21.